The zero-order valence-corrected chi connectivity index (χ0v) is 24.3. The molecule has 0 bridgehead atoms. The lowest BCUT2D eigenvalue weighted by Crippen LogP contribution is -2.51. The molecule has 4 rings (SSSR count). The molecule has 39 heavy (non-hydrogen) atoms. The van der Waals surface area contributed by atoms with Crippen LogP contribution in [0.5, 0.6) is 17.2 Å². The third kappa shape index (κ3) is 5.83. The van der Waals surface area contributed by atoms with Crippen molar-refractivity contribution >= 4 is 21.6 Å². The van der Waals surface area contributed by atoms with Gasteiger partial charge in [-0.1, -0.05) is 44.5 Å². The summed E-state index contributed by atoms with van der Waals surface area (Å²) < 4.78 is 46.0. The zero-order chi connectivity index (χ0) is 28.5. The Morgan fingerprint density at radius 1 is 1.03 bits per heavy atom. The van der Waals surface area contributed by atoms with E-state index in [1.54, 1.807) is 62.8 Å². The Kier molecular flexibility index (Phi) is 7.84. The van der Waals surface area contributed by atoms with Crippen LogP contribution < -0.4 is 23.8 Å². The summed E-state index contributed by atoms with van der Waals surface area (Å²) in [5.41, 5.74) is 2.82. The normalized spacial score (nSPS) is 16.1. The van der Waals surface area contributed by atoms with E-state index in [4.69, 9.17) is 14.2 Å². The zero-order valence-electron chi connectivity index (χ0n) is 23.4. The second-order valence-electron chi connectivity index (χ2n) is 10.7. The summed E-state index contributed by atoms with van der Waals surface area (Å²) >= 11 is 0. The molecular formula is C30H36N2O6S. The van der Waals surface area contributed by atoms with Gasteiger partial charge in [0.15, 0.2) is 6.10 Å². The van der Waals surface area contributed by atoms with Crippen LogP contribution in [0.2, 0.25) is 0 Å². The number of aryl methyl sites for hydroxylation is 1. The fourth-order valence-electron chi connectivity index (χ4n) is 4.48. The largest absolute Gasteiger partial charge is 0.497 e. The number of nitrogens with zero attached hydrogens (tertiary/aromatic N) is 1. The quantitative estimate of drug-likeness (QED) is 0.436. The molecule has 3 aromatic rings. The number of rotatable bonds is 7. The molecule has 0 aliphatic carbocycles. The maximum absolute atomic E-state index is 13.9. The minimum absolute atomic E-state index is 0.149. The second kappa shape index (κ2) is 10.8. The highest BCUT2D eigenvalue weighted by Crippen LogP contribution is 2.40. The van der Waals surface area contributed by atoms with E-state index >= 15 is 0 Å². The van der Waals surface area contributed by atoms with Crippen molar-refractivity contribution in [1.29, 1.82) is 0 Å². The smallest absolute Gasteiger partial charge is 0.264 e. The van der Waals surface area contributed by atoms with E-state index in [1.807, 2.05) is 26.0 Å². The lowest BCUT2D eigenvalue weighted by Gasteiger charge is -2.36. The van der Waals surface area contributed by atoms with E-state index in [0.717, 1.165) is 16.7 Å². The molecule has 9 heteroatoms. The second-order valence-corrected chi connectivity index (χ2v) is 12.6. The van der Waals surface area contributed by atoms with Gasteiger partial charge >= 0.3 is 0 Å². The predicted molar refractivity (Wildman–Crippen MR) is 151 cm³/mol. The number of carbonyl (C=O) groups excluding carboxylic acids is 1. The minimum atomic E-state index is -3.98. The number of ether oxygens (including phenoxy) is 3. The highest BCUT2D eigenvalue weighted by molar-refractivity contribution is 7.92. The van der Waals surface area contributed by atoms with E-state index in [-0.39, 0.29) is 16.9 Å². The maximum Gasteiger partial charge on any atom is 0.264 e. The highest BCUT2D eigenvalue weighted by atomic mass is 32.2. The number of sulfonamides is 1. The van der Waals surface area contributed by atoms with Crippen molar-refractivity contribution in [1.82, 2.24) is 5.32 Å². The SMILES string of the molecule is COc1ccc(OC)c([C@H](C)NC(=O)[C@@H]2CN(S(=O)(=O)c3ccc(C)cc3)c3cc(C(C)(C)C)ccc3O2)c1. The van der Waals surface area contributed by atoms with Gasteiger partial charge in [-0.2, -0.15) is 0 Å². The Morgan fingerprint density at radius 2 is 1.72 bits per heavy atom. The van der Waals surface area contributed by atoms with Crippen molar-refractivity contribution in [3.63, 3.8) is 0 Å². The number of carbonyl (C=O) groups is 1. The number of nitrogens with one attached hydrogen (secondary N) is 1. The summed E-state index contributed by atoms with van der Waals surface area (Å²) in [6.45, 7) is 9.72. The molecule has 208 valence electrons. The van der Waals surface area contributed by atoms with E-state index in [9.17, 15) is 13.2 Å². The number of fused-ring (bicyclic) bond motifs is 1. The first-order valence-electron chi connectivity index (χ1n) is 12.8. The standard InChI is InChI=1S/C30H36N2O6S/c1-19-8-12-23(13-9-19)39(34,35)32-18-28(38-27-14-10-21(16-25(27)32)30(3,4)5)29(33)31-20(2)24-17-22(36-6)11-15-26(24)37-7/h8-17,20,28H,18H2,1-7H3,(H,31,33)/t20-,28-/m0/s1. The summed E-state index contributed by atoms with van der Waals surface area (Å²) in [5, 5.41) is 2.96. The average Bonchev–Trinajstić information content (AvgIpc) is 2.91. The van der Waals surface area contributed by atoms with Crippen LogP contribution >= 0.6 is 0 Å². The lowest BCUT2D eigenvalue weighted by atomic mass is 9.86. The van der Waals surface area contributed by atoms with Crippen molar-refractivity contribution < 1.29 is 27.4 Å². The van der Waals surface area contributed by atoms with Crippen LogP contribution in [-0.4, -0.2) is 41.2 Å². The maximum atomic E-state index is 13.9. The summed E-state index contributed by atoms with van der Waals surface area (Å²) in [7, 11) is -0.862. The molecule has 0 unspecified atom stereocenters. The van der Waals surface area contributed by atoms with Gasteiger partial charge in [-0.25, -0.2) is 8.42 Å². The summed E-state index contributed by atoms with van der Waals surface area (Å²) in [6, 6.07) is 17.0. The fourth-order valence-corrected chi connectivity index (χ4v) is 5.95. The van der Waals surface area contributed by atoms with Gasteiger partial charge in [-0.05, 0) is 67.3 Å². The number of hydrogen-bond donors (Lipinski definition) is 1. The van der Waals surface area contributed by atoms with Crippen LogP contribution in [0.1, 0.15) is 50.4 Å². The fraction of sp³-hybridized carbons (Fsp3) is 0.367. The molecule has 1 aliphatic rings. The summed E-state index contributed by atoms with van der Waals surface area (Å²) in [4.78, 5) is 13.6. The Bertz CT molecular complexity index is 1460. The molecule has 3 aromatic carbocycles. The molecule has 0 radical (unpaired) electrons. The molecule has 0 saturated carbocycles. The van der Waals surface area contributed by atoms with Gasteiger partial charge in [0.05, 0.1) is 37.4 Å². The molecule has 0 saturated heterocycles. The van der Waals surface area contributed by atoms with Crippen LogP contribution in [-0.2, 0) is 20.2 Å². The molecule has 8 nitrogen and oxygen atoms in total. The van der Waals surface area contributed by atoms with Crippen molar-refractivity contribution in [2.45, 2.75) is 57.1 Å². The summed E-state index contributed by atoms with van der Waals surface area (Å²) in [6.07, 6.45) is -1.07. The number of benzene rings is 3. The van der Waals surface area contributed by atoms with E-state index in [1.165, 1.54) is 4.31 Å². The topological polar surface area (TPSA) is 94.2 Å². The molecule has 0 fully saturated rings. The Balaban J connectivity index is 1.70. The first kappa shape index (κ1) is 28.3. The third-order valence-electron chi connectivity index (χ3n) is 6.86. The number of hydrogen-bond acceptors (Lipinski definition) is 6. The molecular weight excluding hydrogens is 516 g/mol. The Labute approximate surface area is 230 Å². The van der Waals surface area contributed by atoms with Crippen LogP contribution in [0, 0.1) is 6.92 Å². The van der Waals surface area contributed by atoms with Gasteiger partial charge in [0.25, 0.3) is 15.9 Å². The van der Waals surface area contributed by atoms with Crippen molar-refractivity contribution in [2.75, 3.05) is 25.1 Å². The molecule has 2 atom stereocenters. The monoisotopic (exact) mass is 552 g/mol. The van der Waals surface area contributed by atoms with Gasteiger partial charge in [0, 0.05) is 5.56 Å². The van der Waals surface area contributed by atoms with E-state index < -0.39 is 28.1 Å². The van der Waals surface area contributed by atoms with Gasteiger partial charge in [0.1, 0.15) is 17.2 Å². The van der Waals surface area contributed by atoms with Crippen molar-refractivity contribution in [3.05, 3.63) is 77.4 Å². The first-order valence-corrected chi connectivity index (χ1v) is 14.2. The third-order valence-corrected chi connectivity index (χ3v) is 8.65. The number of methoxy groups -OCH3 is 2. The van der Waals surface area contributed by atoms with Crippen molar-refractivity contribution in [3.8, 4) is 17.2 Å². The predicted octanol–water partition coefficient (Wildman–Crippen LogP) is 5.14. The number of amides is 1. The van der Waals surface area contributed by atoms with E-state index in [2.05, 4.69) is 26.1 Å². The number of anilines is 1. The lowest BCUT2D eigenvalue weighted by molar-refractivity contribution is -0.128. The Morgan fingerprint density at radius 3 is 2.33 bits per heavy atom. The highest BCUT2D eigenvalue weighted by Gasteiger charge is 2.38. The average molecular weight is 553 g/mol. The van der Waals surface area contributed by atoms with Crippen LogP contribution in [0.15, 0.2) is 65.6 Å². The van der Waals surface area contributed by atoms with Crippen LogP contribution in [0.3, 0.4) is 0 Å². The molecule has 1 amide bonds. The summed E-state index contributed by atoms with van der Waals surface area (Å²) in [5.74, 6) is 1.11. The molecule has 1 aliphatic heterocycles. The van der Waals surface area contributed by atoms with E-state index in [0.29, 0.717) is 22.9 Å². The molecule has 0 aromatic heterocycles. The van der Waals surface area contributed by atoms with Gasteiger partial charge in [-0.3, -0.25) is 9.10 Å². The van der Waals surface area contributed by atoms with Gasteiger partial charge in [0.2, 0.25) is 0 Å². The van der Waals surface area contributed by atoms with Crippen LogP contribution in [0.25, 0.3) is 0 Å². The molecule has 0 spiro atoms. The minimum Gasteiger partial charge on any atom is -0.497 e. The molecule has 1 N–H and O–H groups in total. The molecule has 1 heterocycles. The van der Waals surface area contributed by atoms with Gasteiger partial charge in [-0.15, -0.1) is 0 Å². The Hall–Kier alpha value is -3.72. The van der Waals surface area contributed by atoms with Crippen molar-refractivity contribution in [2.24, 2.45) is 0 Å². The van der Waals surface area contributed by atoms with Crippen LogP contribution in [0.4, 0.5) is 5.69 Å². The van der Waals surface area contributed by atoms with Gasteiger partial charge < -0.3 is 19.5 Å². The first-order chi connectivity index (χ1) is 18.3.